The van der Waals surface area contributed by atoms with Crippen molar-refractivity contribution in [3.8, 4) is 16.9 Å². The number of ether oxygens (including phenoxy) is 1. The lowest BCUT2D eigenvalue weighted by atomic mass is 10.0. The highest BCUT2D eigenvalue weighted by molar-refractivity contribution is 5.69. The summed E-state index contributed by atoms with van der Waals surface area (Å²) in [5.41, 5.74) is 10.9. The average molecular weight is 330 g/mol. The summed E-state index contributed by atoms with van der Waals surface area (Å²) in [4.78, 5) is 4.19. The minimum atomic E-state index is 0.279. The van der Waals surface area contributed by atoms with E-state index in [1.165, 1.54) is 0 Å². The Morgan fingerprint density at radius 1 is 1.04 bits per heavy atom. The minimum Gasteiger partial charge on any atom is -0.489 e. The van der Waals surface area contributed by atoms with Crippen molar-refractivity contribution in [3.05, 3.63) is 78.0 Å². The molecule has 0 bridgehead atoms. The second kappa shape index (κ2) is 6.28. The molecule has 0 aliphatic rings. The first kappa shape index (κ1) is 15.2. The molecule has 2 aromatic heterocycles. The number of hydrogen-bond acceptors (Lipinski definition) is 4. The van der Waals surface area contributed by atoms with E-state index in [1.807, 2.05) is 42.6 Å². The summed E-state index contributed by atoms with van der Waals surface area (Å²) in [6.07, 6.45) is 1.95. The van der Waals surface area contributed by atoms with Crippen LogP contribution in [0.1, 0.15) is 11.1 Å². The molecule has 0 aliphatic carbocycles. The number of aryl methyl sites for hydroxylation is 1. The number of fused-ring (bicyclic) bond motifs is 1. The Kier molecular flexibility index (Phi) is 3.82. The van der Waals surface area contributed by atoms with Crippen LogP contribution in [0, 0.1) is 6.92 Å². The van der Waals surface area contributed by atoms with E-state index >= 15 is 0 Å². The standard InChI is InChI=1S/C20H18N4O/c1-14-11-19-22-20(21)23-24(19)12-18(14)16-7-9-17(10-8-16)25-13-15-5-3-2-4-6-15/h2-12H,13H2,1H3,(H2,21,23). The van der Waals surface area contributed by atoms with Crippen LogP contribution in [0.5, 0.6) is 5.75 Å². The van der Waals surface area contributed by atoms with Gasteiger partial charge in [-0.1, -0.05) is 42.5 Å². The predicted molar refractivity (Wildman–Crippen MR) is 98.3 cm³/mol. The molecule has 5 nitrogen and oxygen atoms in total. The van der Waals surface area contributed by atoms with E-state index in [1.54, 1.807) is 4.52 Å². The van der Waals surface area contributed by atoms with Crippen LogP contribution in [0.3, 0.4) is 0 Å². The normalized spacial score (nSPS) is 10.9. The van der Waals surface area contributed by atoms with Crippen LogP contribution in [0.15, 0.2) is 66.9 Å². The molecule has 2 aromatic carbocycles. The highest BCUT2D eigenvalue weighted by Crippen LogP contribution is 2.26. The minimum absolute atomic E-state index is 0.279. The summed E-state index contributed by atoms with van der Waals surface area (Å²) in [6, 6.07) is 20.2. The second-order valence-corrected chi connectivity index (χ2v) is 5.94. The summed E-state index contributed by atoms with van der Waals surface area (Å²) in [5, 5.41) is 4.18. The average Bonchev–Trinajstić information content (AvgIpc) is 2.99. The Morgan fingerprint density at radius 3 is 2.56 bits per heavy atom. The molecular weight excluding hydrogens is 312 g/mol. The molecule has 0 unspecified atom stereocenters. The SMILES string of the molecule is Cc1cc2nc(N)nn2cc1-c1ccc(OCc2ccccc2)cc1. The van der Waals surface area contributed by atoms with Gasteiger partial charge in [0, 0.05) is 11.8 Å². The molecule has 0 saturated carbocycles. The number of anilines is 1. The fraction of sp³-hybridized carbons (Fsp3) is 0.100. The zero-order valence-corrected chi connectivity index (χ0v) is 13.9. The number of aromatic nitrogens is 3. The lowest BCUT2D eigenvalue weighted by molar-refractivity contribution is 0.306. The highest BCUT2D eigenvalue weighted by atomic mass is 16.5. The number of nitrogens with two attached hydrogens (primary N) is 1. The molecule has 2 N–H and O–H groups in total. The molecule has 25 heavy (non-hydrogen) atoms. The lowest BCUT2D eigenvalue weighted by Gasteiger charge is -2.09. The van der Waals surface area contributed by atoms with Crippen molar-refractivity contribution in [1.29, 1.82) is 0 Å². The van der Waals surface area contributed by atoms with E-state index in [4.69, 9.17) is 10.5 Å². The van der Waals surface area contributed by atoms with Crippen molar-refractivity contribution < 1.29 is 4.74 Å². The third-order valence-electron chi connectivity index (χ3n) is 4.11. The number of hydrogen-bond donors (Lipinski definition) is 1. The van der Waals surface area contributed by atoms with Crippen molar-refractivity contribution in [2.24, 2.45) is 0 Å². The number of nitrogens with zero attached hydrogens (tertiary/aromatic N) is 3. The highest BCUT2D eigenvalue weighted by Gasteiger charge is 2.08. The third kappa shape index (κ3) is 3.17. The van der Waals surface area contributed by atoms with Crippen molar-refractivity contribution >= 4 is 11.6 Å². The van der Waals surface area contributed by atoms with Gasteiger partial charge in [-0.15, -0.1) is 5.10 Å². The van der Waals surface area contributed by atoms with E-state index < -0.39 is 0 Å². The molecule has 2 heterocycles. The van der Waals surface area contributed by atoms with Crippen molar-refractivity contribution in [2.75, 3.05) is 5.73 Å². The van der Waals surface area contributed by atoms with Gasteiger partial charge in [-0.2, -0.15) is 4.98 Å². The smallest absolute Gasteiger partial charge is 0.240 e. The van der Waals surface area contributed by atoms with Crippen LogP contribution in [0.2, 0.25) is 0 Å². The monoisotopic (exact) mass is 330 g/mol. The van der Waals surface area contributed by atoms with Gasteiger partial charge in [-0.3, -0.25) is 0 Å². The fourth-order valence-corrected chi connectivity index (χ4v) is 2.82. The quantitative estimate of drug-likeness (QED) is 0.617. The Bertz CT molecular complexity index is 1010. The Labute approximate surface area is 145 Å². The zero-order valence-electron chi connectivity index (χ0n) is 13.9. The van der Waals surface area contributed by atoms with Gasteiger partial charge >= 0.3 is 0 Å². The first-order chi connectivity index (χ1) is 12.2. The molecule has 0 fully saturated rings. The number of rotatable bonds is 4. The molecule has 0 amide bonds. The maximum absolute atomic E-state index is 5.84. The Hall–Kier alpha value is -3.34. The summed E-state index contributed by atoms with van der Waals surface area (Å²) in [5.74, 6) is 1.12. The number of nitrogen functional groups attached to an aromatic ring is 1. The summed E-state index contributed by atoms with van der Waals surface area (Å²) >= 11 is 0. The molecule has 5 heteroatoms. The summed E-state index contributed by atoms with van der Waals surface area (Å²) in [7, 11) is 0. The van der Waals surface area contributed by atoms with Gasteiger partial charge in [0.25, 0.3) is 0 Å². The van der Waals surface area contributed by atoms with Crippen LogP contribution in [-0.4, -0.2) is 14.6 Å². The molecule has 0 saturated heterocycles. The third-order valence-corrected chi connectivity index (χ3v) is 4.11. The van der Waals surface area contributed by atoms with E-state index in [-0.39, 0.29) is 5.95 Å². The second-order valence-electron chi connectivity index (χ2n) is 5.94. The van der Waals surface area contributed by atoms with Crippen LogP contribution in [0.4, 0.5) is 5.95 Å². The maximum Gasteiger partial charge on any atom is 0.240 e. The Balaban J connectivity index is 1.56. The molecule has 4 aromatic rings. The topological polar surface area (TPSA) is 65.4 Å². The van der Waals surface area contributed by atoms with Gasteiger partial charge < -0.3 is 10.5 Å². The van der Waals surface area contributed by atoms with Gasteiger partial charge in [0.2, 0.25) is 5.95 Å². The lowest BCUT2D eigenvalue weighted by Crippen LogP contribution is -1.95. The Morgan fingerprint density at radius 2 is 1.80 bits per heavy atom. The van der Waals surface area contributed by atoms with Gasteiger partial charge in [-0.25, -0.2) is 4.52 Å². The van der Waals surface area contributed by atoms with Gasteiger partial charge in [0.05, 0.1) is 0 Å². The van der Waals surface area contributed by atoms with Crippen molar-refractivity contribution in [2.45, 2.75) is 13.5 Å². The van der Waals surface area contributed by atoms with Gasteiger partial charge in [0.1, 0.15) is 12.4 Å². The zero-order chi connectivity index (χ0) is 17.2. The fourth-order valence-electron chi connectivity index (χ4n) is 2.82. The number of benzene rings is 2. The van der Waals surface area contributed by atoms with Gasteiger partial charge in [-0.05, 0) is 41.8 Å². The van der Waals surface area contributed by atoms with Crippen molar-refractivity contribution in [1.82, 2.24) is 14.6 Å². The molecule has 0 atom stereocenters. The van der Waals surface area contributed by atoms with Crippen LogP contribution in [0.25, 0.3) is 16.8 Å². The summed E-state index contributed by atoms with van der Waals surface area (Å²) in [6.45, 7) is 2.61. The molecule has 0 aliphatic heterocycles. The first-order valence-electron chi connectivity index (χ1n) is 8.09. The van der Waals surface area contributed by atoms with Crippen LogP contribution >= 0.6 is 0 Å². The summed E-state index contributed by atoms with van der Waals surface area (Å²) < 4.78 is 7.55. The molecule has 4 rings (SSSR count). The predicted octanol–water partition coefficient (Wildman–Crippen LogP) is 3.87. The van der Waals surface area contributed by atoms with E-state index in [0.29, 0.717) is 6.61 Å². The van der Waals surface area contributed by atoms with E-state index in [2.05, 4.69) is 41.3 Å². The largest absolute Gasteiger partial charge is 0.489 e. The maximum atomic E-state index is 5.84. The van der Waals surface area contributed by atoms with Crippen molar-refractivity contribution in [3.63, 3.8) is 0 Å². The molecule has 0 spiro atoms. The van der Waals surface area contributed by atoms with Gasteiger partial charge in [0.15, 0.2) is 5.65 Å². The molecular formula is C20H18N4O. The molecule has 124 valence electrons. The first-order valence-corrected chi connectivity index (χ1v) is 8.09. The number of pyridine rings is 1. The molecule has 0 radical (unpaired) electrons. The van der Waals surface area contributed by atoms with E-state index in [9.17, 15) is 0 Å². The van der Waals surface area contributed by atoms with Crippen LogP contribution < -0.4 is 10.5 Å². The van der Waals surface area contributed by atoms with E-state index in [0.717, 1.165) is 33.7 Å². The van der Waals surface area contributed by atoms with Crippen LogP contribution in [-0.2, 0) is 6.61 Å².